The van der Waals surface area contributed by atoms with Gasteiger partial charge in [0.1, 0.15) is 6.29 Å². The standard InChI is InChI=1S/C31H54N4O3.C8H14O/c36-29(26-12-4-1-5-13-26)33-21-11-22-35(31(38)28-16-8-3-9-17-28)25-24-34(20-10-18-32-19-23-33)30(37)27-14-6-2-7-15-27;9-7-8-5-3-1-2-4-6-8/h26-28,32H,1-25H2;7-8H,1-6H2. The first-order valence-corrected chi connectivity index (χ1v) is 20.1. The minimum atomic E-state index is 0.134. The zero-order chi connectivity index (χ0) is 33.1. The van der Waals surface area contributed by atoms with E-state index < -0.39 is 0 Å². The van der Waals surface area contributed by atoms with Crippen molar-refractivity contribution in [1.82, 2.24) is 20.0 Å². The molecule has 1 heterocycles. The van der Waals surface area contributed by atoms with Gasteiger partial charge in [0, 0.05) is 69.5 Å². The number of aldehydes is 1. The van der Waals surface area contributed by atoms with Crippen LogP contribution in [0.5, 0.6) is 0 Å². The van der Waals surface area contributed by atoms with Gasteiger partial charge >= 0.3 is 0 Å². The number of amides is 3. The molecule has 4 saturated carbocycles. The Bertz CT molecular complexity index is 918. The second-order valence-electron chi connectivity index (χ2n) is 15.3. The second-order valence-corrected chi connectivity index (χ2v) is 15.3. The van der Waals surface area contributed by atoms with Crippen LogP contribution in [0.4, 0.5) is 0 Å². The molecule has 0 radical (unpaired) electrons. The van der Waals surface area contributed by atoms with E-state index in [0.717, 1.165) is 129 Å². The summed E-state index contributed by atoms with van der Waals surface area (Å²) in [6, 6.07) is 0. The van der Waals surface area contributed by atoms with Gasteiger partial charge in [0.25, 0.3) is 0 Å². The fraction of sp³-hybridized carbons (Fsp3) is 0.897. The molecule has 0 atom stereocenters. The molecule has 268 valence electrons. The maximum atomic E-state index is 13.7. The summed E-state index contributed by atoms with van der Waals surface area (Å²) in [6.45, 7) is 5.79. The fourth-order valence-electron chi connectivity index (χ4n) is 8.69. The van der Waals surface area contributed by atoms with E-state index >= 15 is 0 Å². The predicted octanol–water partition coefficient (Wildman–Crippen LogP) is 6.75. The largest absolute Gasteiger partial charge is 0.341 e. The summed E-state index contributed by atoms with van der Waals surface area (Å²) in [4.78, 5) is 57.1. The first-order chi connectivity index (χ1) is 23.1. The minimum absolute atomic E-state index is 0.134. The van der Waals surface area contributed by atoms with Gasteiger partial charge < -0.3 is 24.8 Å². The molecule has 0 unspecified atom stereocenters. The number of hydrogen-bond acceptors (Lipinski definition) is 5. The van der Waals surface area contributed by atoms with Crippen LogP contribution in [0.2, 0.25) is 0 Å². The average molecular weight is 657 g/mol. The van der Waals surface area contributed by atoms with Crippen LogP contribution >= 0.6 is 0 Å². The third-order valence-corrected chi connectivity index (χ3v) is 11.7. The Balaban J connectivity index is 0.000000479. The monoisotopic (exact) mass is 657 g/mol. The second kappa shape index (κ2) is 21.9. The lowest BCUT2D eigenvalue weighted by Crippen LogP contribution is -2.47. The van der Waals surface area contributed by atoms with Crippen LogP contribution < -0.4 is 5.32 Å². The minimum Gasteiger partial charge on any atom is -0.341 e. The molecule has 5 aliphatic rings. The Kier molecular flexibility index (Phi) is 17.6. The number of hydrogen-bond donors (Lipinski definition) is 1. The normalized spacial score (nSPS) is 24.7. The van der Waals surface area contributed by atoms with E-state index in [0.29, 0.717) is 37.4 Å². The molecule has 0 bridgehead atoms. The van der Waals surface area contributed by atoms with Gasteiger partial charge in [0.2, 0.25) is 17.7 Å². The van der Waals surface area contributed by atoms with Crippen LogP contribution in [0.15, 0.2) is 0 Å². The van der Waals surface area contributed by atoms with Crippen molar-refractivity contribution in [2.24, 2.45) is 23.7 Å². The molecule has 8 nitrogen and oxygen atoms in total. The number of rotatable bonds is 4. The molecule has 5 fully saturated rings. The van der Waals surface area contributed by atoms with Gasteiger partial charge in [-0.25, -0.2) is 0 Å². The van der Waals surface area contributed by atoms with Crippen LogP contribution in [0.25, 0.3) is 0 Å². The van der Waals surface area contributed by atoms with Crippen molar-refractivity contribution < 1.29 is 19.2 Å². The van der Waals surface area contributed by atoms with E-state index in [-0.39, 0.29) is 23.7 Å². The lowest BCUT2D eigenvalue weighted by atomic mass is 9.88. The average Bonchev–Trinajstić information content (AvgIpc) is 3.42. The van der Waals surface area contributed by atoms with Crippen LogP contribution in [-0.4, -0.2) is 91.1 Å². The van der Waals surface area contributed by atoms with Crippen molar-refractivity contribution in [1.29, 1.82) is 0 Å². The Morgan fingerprint density at radius 3 is 1.19 bits per heavy atom. The molecule has 5 rings (SSSR count). The van der Waals surface area contributed by atoms with Crippen LogP contribution in [0.1, 0.15) is 148 Å². The van der Waals surface area contributed by atoms with Crippen molar-refractivity contribution in [3.05, 3.63) is 0 Å². The van der Waals surface area contributed by atoms with Crippen molar-refractivity contribution >= 4 is 24.0 Å². The summed E-state index contributed by atoms with van der Waals surface area (Å²) in [5.74, 6) is 1.80. The van der Waals surface area contributed by atoms with Gasteiger partial charge in [-0.05, 0) is 70.8 Å². The van der Waals surface area contributed by atoms with Gasteiger partial charge in [-0.15, -0.1) is 0 Å². The zero-order valence-corrected chi connectivity index (χ0v) is 29.8. The maximum Gasteiger partial charge on any atom is 0.225 e. The number of carbonyl (C=O) groups excluding carboxylic acids is 4. The van der Waals surface area contributed by atoms with Crippen molar-refractivity contribution in [3.63, 3.8) is 0 Å². The highest BCUT2D eigenvalue weighted by Gasteiger charge is 2.30. The Morgan fingerprint density at radius 1 is 0.404 bits per heavy atom. The summed E-state index contributed by atoms with van der Waals surface area (Å²) < 4.78 is 0. The number of nitrogens with one attached hydrogen (secondary N) is 1. The highest BCUT2D eigenvalue weighted by Crippen LogP contribution is 2.28. The van der Waals surface area contributed by atoms with E-state index in [2.05, 4.69) is 20.0 Å². The third-order valence-electron chi connectivity index (χ3n) is 11.7. The zero-order valence-electron chi connectivity index (χ0n) is 29.8. The molecule has 0 spiro atoms. The number of nitrogens with zero attached hydrogens (tertiary/aromatic N) is 3. The third kappa shape index (κ3) is 13.1. The Hall–Kier alpha value is -1.96. The molecule has 1 saturated heterocycles. The highest BCUT2D eigenvalue weighted by atomic mass is 16.2. The molecule has 0 aromatic heterocycles. The summed E-state index contributed by atoms with van der Waals surface area (Å²) in [6.07, 6.45) is 27.1. The molecule has 47 heavy (non-hydrogen) atoms. The molecule has 8 heteroatoms. The molecule has 1 N–H and O–H groups in total. The molecular formula is C39H68N4O4. The fourth-order valence-corrected chi connectivity index (χ4v) is 8.69. The van der Waals surface area contributed by atoms with Crippen LogP contribution in [0.3, 0.4) is 0 Å². The highest BCUT2D eigenvalue weighted by molar-refractivity contribution is 5.80. The van der Waals surface area contributed by atoms with Crippen LogP contribution in [-0.2, 0) is 19.2 Å². The van der Waals surface area contributed by atoms with Gasteiger partial charge in [0.15, 0.2) is 0 Å². The van der Waals surface area contributed by atoms with E-state index in [1.807, 2.05) is 0 Å². The van der Waals surface area contributed by atoms with Gasteiger partial charge in [-0.2, -0.15) is 0 Å². The smallest absolute Gasteiger partial charge is 0.225 e. The number of carbonyl (C=O) groups is 4. The molecule has 1 aliphatic heterocycles. The Morgan fingerprint density at radius 2 is 0.766 bits per heavy atom. The molecule has 0 aromatic carbocycles. The summed E-state index contributed by atoms with van der Waals surface area (Å²) in [7, 11) is 0. The van der Waals surface area contributed by atoms with Gasteiger partial charge in [-0.1, -0.05) is 83.5 Å². The van der Waals surface area contributed by atoms with E-state index in [1.54, 1.807) is 0 Å². The first kappa shape index (κ1) is 37.9. The van der Waals surface area contributed by atoms with Gasteiger partial charge in [0.05, 0.1) is 0 Å². The summed E-state index contributed by atoms with van der Waals surface area (Å²) in [5.41, 5.74) is 0. The Labute approximate surface area is 286 Å². The maximum absolute atomic E-state index is 13.7. The summed E-state index contributed by atoms with van der Waals surface area (Å²) in [5, 5.41) is 3.54. The van der Waals surface area contributed by atoms with Crippen molar-refractivity contribution in [3.8, 4) is 0 Å². The molecule has 3 amide bonds. The quantitative estimate of drug-likeness (QED) is 0.267. The lowest BCUT2D eigenvalue weighted by Gasteiger charge is -2.35. The molecular weight excluding hydrogens is 588 g/mol. The molecule has 0 aromatic rings. The van der Waals surface area contributed by atoms with Crippen LogP contribution in [0, 0.1) is 23.7 Å². The predicted molar refractivity (Wildman–Crippen MR) is 189 cm³/mol. The van der Waals surface area contributed by atoms with Gasteiger partial charge in [-0.3, -0.25) is 14.4 Å². The van der Waals surface area contributed by atoms with E-state index in [9.17, 15) is 19.2 Å². The van der Waals surface area contributed by atoms with Crippen molar-refractivity contribution in [2.45, 2.75) is 148 Å². The SMILES string of the molecule is O=C(C1CCCCC1)N1CCCN(C(=O)C2CCCCC2)CCN(C(=O)C2CCCCC2)CCCNCC1.O=CC1CCCCCC1. The van der Waals surface area contributed by atoms with E-state index in [1.165, 1.54) is 57.8 Å². The summed E-state index contributed by atoms with van der Waals surface area (Å²) >= 11 is 0. The van der Waals surface area contributed by atoms with E-state index in [4.69, 9.17) is 0 Å². The topological polar surface area (TPSA) is 90.0 Å². The van der Waals surface area contributed by atoms with Crippen molar-refractivity contribution in [2.75, 3.05) is 52.4 Å². The first-order valence-electron chi connectivity index (χ1n) is 20.1. The lowest BCUT2D eigenvalue weighted by molar-refractivity contribution is -0.141. The molecule has 4 aliphatic carbocycles.